The lowest BCUT2D eigenvalue weighted by Gasteiger charge is -2.19. The van der Waals surface area contributed by atoms with E-state index >= 15 is 0 Å². The largest absolute Gasteiger partial charge is 0.479 e. The summed E-state index contributed by atoms with van der Waals surface area (Å²) in [6.07, 6.45) is 12.8. The van der Waals surface area contributed by atoms with Gasteiger partial charge in [0.15, 0.2) is 6.10 Å². The van der Waals surface area contributed by atoms with Gasteiger partial charge in [-0.15, -0.1) is 0 Å². The SMILES string of the molecule is CCCCCCC=C[C@H]1[C@H](CO)CC(=O)[C@@H]1CCCCCC(O)C(=O)O. The number of unbranched alkanes of at least 4 members (excludes halogenated alkanes) is 6. The number of hydrogen-bond donors (Lipinski definition) is 3. The molecule has 1 aliphatic carbocycles. The Labute approximate surface area is 157 Å². The Morgan fingerprint density at radius 3 is 2.58 bits per heavy atom. The molecular weight excluding hydrogens is 332 g/mol. The van der Waals surface area contributed by atoms with Gasteiger partial charge in [-0.25, -0.2) is 4.79 Å². The molecule has 150 valence electrons. The minimum atomic E-state index is -1.29. The van der Waals surface area contributed by atoms with Crippen LogP contribution >= 0.6 is 0 Å². The van der Waals surface area contributed by atoms with Crippen LogP contribution in [0.2, 0.25) is 0 Å². The Hall–Kier alpha value is -1.20. The van der Waals surface area contributed by atoms with Crippen molar-refractivity contribution < 1.29 is 24.9 Å². The zero-order valence-corrected chi connectivity index (χ0v) is 16.1. The minimum absolute atomic E-state index is 0.0246. The van der Waals surface area contributed by atoms with Gasteiger partial charge in [0, 0.05) is 18.9 Å². The monoisotopic (exact) mass is 368 g/mol. The zero-order valence-electron chi connectivity index (χ0n) is 16.1. The van der Waals surface area contributed by atoms with Crippen molar-refractivity contribution in [1.29, 1.82) is 0 Å². The normalized spacial score (nSPS) is 24.4. The van der Waals surface area contributed by atoms with Crippen molar-refractivity contribution in [3.8, 4) is 0 Å². The van der Waals surface area contributed by atoms with E-state index < -0.39 is 12.1 Å². The summed E-state index contributed by atoms with van der Waals surface area (Å²) in [5, 5.41) is 27.5. The van der Waals surface area contributed by atoms with E-state index in [1.807, 2.05) is 0 Å². The van der Waals surface area contributed by atoms with Gasteiger partial charge in [-0.3, -0.25) is 4.79 Å². The first-order chi connectivity index (χ1) is 12.5. The number of carbonyl (C=O) groups excluding carboxylic acids is 1. The molecule has 1 saturated carbocycles. The van der Waals surface area contributed by atoms with Crippen LogP contribution < -0.4 is 0 Å². The molecule has 0 radical (unpaired) electrons. The summed E-state index contributed by atoms with van der Waals surface area (Å²) in [4.78, 5) is 22.9. The molecular formula is C21H36O5. The summed E-state index contributed by atoms with van der Waals surface area (Å²) in [5.74, 6) is -0.791. The second kappa shape index (κ2) is 13.0. The minimum Gasteiger partial charge on any atom is -0.479 e. The highest BCUT2D eigenvalue weighted by molar-refractivity contribution is 5.84. The second-order valence-electron chi connectivity index (χ2n) is 7.57. The molecule has 0 spiro atoms. The Kier molecular flexibility index (Phi) is 11.5. The summed E-state index contributed by atoms with van der Waals surface area (Å²) in [5.41, 5.74) is 0. The lowest BCUT2D eigenvalue weighted by molar-refractivity contribution is -0.147. The summed E-state index contributed by atoms with van der Waals surface area (Å²) in [7, 11) is 0. The van der Waals surface area contributed by atoms with Crippen LogP contribution in [0.1, 0.15) is 77.6 Å². The van der Waals surface area contributed by atoms with E-state index in [-0.39, 0.29) is 36.6 Å². The standard InChI is InChI=1S/C21H36O5/c1-2-3-4-5-6-8-11-17-16(15-22)14-20(24)18(17)12-9-7-10-13-19(23)21(25)26/h8,11,16-19,22-23H,2-7,9-10,12-15H2,1H3,(H,25,26)/t16-,17-,18+,19?/m0/s1. The van der Waals surface area contributed by atoms with Crippen LogP contribution in [-0.2, 0) is 9.59 Å². The maximum absolute atomic E-state index is 12.3. The quantitative estimate of drug-likeness (QED) is 0.321. The van der Waals surface area contributed by atoms with Crippen LogP contribution in [0, 0.1) is 17.8 Å². The predicted molar refractivity (Wildman–Crippen MR) is 102 cm³/mol. The summed E-state index contributed by atoms with van der Waals surface area (Å²) in [6.45, 7) is 2.25. The third-order valence-corrected chi connectivity index (χ3v) is 5.48. The number of rotatable bonds is 14. The maximum atomic E-state index is 12.3. The highest BCUT2D eigenvalue weighted by Crippen LogP contribution is 2.38. The predicted octanol–water partition coefficient (Wildman–Crippen LogP) is 3.72. The number of aliphatic hydroxyl groups is 2. The van der Waals surface area contributed by atoms with E-state index in [9.17, 15) is 19.8 Å². The van der Waals surface area contributed by atoms with E-state index in [4.69, 9.17) is 5.11 Å². The Bertz CT molecular complexity index is 446. The third-order valence-electron chi connectivity index (χ3n) is 5.48. The number of Topliss-reactive ketones (excluding diaryl/α,β-unsaturated/α-hetero) is 1. The molecule has 4 atom stereocenters. The van der Waals surface area contributed by atoms with Gasteiger partial charge in [-0.1, -0.05) is 57.6 Å². The number of aliphatic carboxylic acids is 1. The van der Waals surface area contributed by atoms with Gasteiger partial charge in [0.05, 0.1) is 0 Å². The van der Waals surface area contributed by atoms with Crippen LogP contribution in [0.5, 0.6) is 0 Å². The third kappa shape index (κ3) is 8.00. The molecule has 1 unspecified atom stereocenters. The van der Waals surface area contributed by atoms with Gasteiger partial charge in [0.2, 0.25) is 0 Å². The van der Waals surface area contributed by atoms with Crippen LogP contribution in [0.3, 0.4) is 0 Å². The molecule has 26 heavy (non-hydrogen) atoms. The first kappa shape index (κ1) is 22.8. The molecule has 0 amide bonds. The molecule has 0 heterocycles. The average molecular weight is 369 g/mol. The van der Waals surface area contributed by atoms with Gasteiger partial charge in [0.25, 0.3) is 0 Å². The van der Waals surface area contributed by atoms with Crippen LogP contribution in [0.25, 0.3) is 0 Å². The lowest BCUT2D eigenvalue weighted by atomic mass is 9.85. The fourth-order valence-corrected chi connectivity index (χ4v) is 3.86. The second-order valence-corrected chi connectivity index (χ2v) is 7.57. The van der Waals surface area contributed by atoms with Crippen molar-refractivity contribution in [2.24, 2.45) is 17.8 Å². The lowest BCUT2D eigenvalue weighted by Crippen LogP contribution is -2.19. The fraction of sp³-hybridized carbons (Fsp3) is 0.810. The highest BCUT2D eigenvalue weighted by Gasteiger charge is 2.39. The molecule has 0 bridgehead atoms. The molecule has 3 N–H and O–H groups in total. The van der Waals surface area contributed by atoms with Crippen LogP contribution in [0.4, 0.5) is 0 Å². The molecule has 0 aromatic carbocycles. The molecule has 0 aliphatic heterocycles. The Balaban J connectivity index is 2.40. The first-order valence-corrected chi connectivity index (χ1v) is 10.2. The number of hydrogen-bond acceptors (Lipinski definition) is 4. The van der Waals surface area contributed by atoms with Gasteiger partial charge >= 0.3 is 5.97 Å². The molecule has 0 aromatic rings. The number of carbonyl (C=O) groups is 2. The molecule has 0 saturated heterocycles. The van der Waals surface area contributed by atoms with Crippen LogP contribution in [0.15, 0.2) is 12.2 Å². The smallest absolute Gasteiger partial charge is 0.332 e. The van der Waals surface area contributed by atoms with E-state index in [2.05, 4.69) is 19.1 Å². The number of aliphatic hydroxyl groups excluding tert-OH is 2. The summed E-state index contributed by atoms with van der Waals surface area (Å²) in [6, 6.07) is 0. The molecule has 1 rings (SSSR count). The van der Waals surface area contributed by atoms with E-state index in [0.29, 0.717) is 12.8 Å². The van der Waals surface area contributed by atoms with Gasteiger partial charge in [0.1, 0.15) is 5.78 Å². The maximum Gasteiger partial charge on any atom is 0.332 e. The number of carboxylic acid groups (broad SMARTS) is 1. The van der Waals surface area contributed by atoms with Crippen molar-refractivity contribution in [2.75, 3.05) is 6.61 Å². The van der Waals surface area contributed by atoms with E-state index in [1.54, 1.807) is 0 Å². The van der Waals surface area contributed by atoms with Gasteiger partial charge < -0.3 is 15.3 Å². The Morgan fingerprint density at radius 1 is 1.19 bits per heavy atom. The van der Waals surface area contributed by atoms with E-state index in [0.717, 1.165) is 25.7 Å². The molecule has 5 heteroatoms. The van der Waals surface area contributed by atoms with Crippen molar-refractivity contribution >= 4 is 11.8 Å². The first-order valence-electron chi connectivity index (χ1n) is 10.2. The highest BCUT2D eigenvalue weighted by atomic mass is 16.4. The molecule has 0 aromatic heterocycles. The number of allylic oxidation sites excluding steroid dienone is 2. The van der Waals surface area contributed by atoms with E-state index in [1.165, 1.54) is 25.7 Å². The zero-order chi connectivity index (χ0) is 19.4. The average Bonchev–Trinajstić information content (AvgIpc) is 2.92. The topological polar surface area (TPSA) is 94.8 Å². The van der Waals surface area contributed by atoms with Crippen molar-refractivity contribution in [2.45, 2.75) is 83.7 Å². The van der Waals surface area contributed by atoms with Crippen LogP contribution in [-0.4, -0.2) is 39.8 Å². The molecule has 1 aliphatic rings. The number of carboxylic acids is 1. The molecule has 1 fully saturated rings. The van der Waals surface area contributed by atoms with Crippen molar-refractivity contribution in [3.63, 3.8) is 0 Å². The summed E-state index contributed by atoms with van der Waals surface area (Å²) >= 11 is 0. The fourth-order valence-electron chi connectivity index (χ4n) is 3.86. The molecule has 5 nitrogen and oxygen atoms in total. The Morgan fingerprint density at radius 2 is 1.92 bits per heavy atom. The van der Waals surface area contributed by atoms with Crippen molar-refractivity contribution in [3.05, 3.63) is 12.2 Å². The summed E-state index contributed by atoms with van der Waals surface area (Å²) < 4.78 is 0. The van der Waals surface area contributed by atoms with Gasteiger partial charge in [-0.05, 0) is 37.5 Å². The number of ketones is 1. The van der Waals surface area contributed by atoms with Gasteiger partial charge in [-0.2, -0.15) is 0 Å². The van der Waals surface area contributed by atoms with Crippen molar-refractivity contribution in [1.82, 2.24) is 0 Å².